The smallest absolute Gasteiger partial charge is 0.444 e. The number of ether oxygens (including phenoxy) is 1. The molecular weight excluding hydrogens is 414 g/mol. The first-order chi connectivity index (χ1) is 14.9. The molecule has 9 heteroatoms. The molecule has 0 bridgehead atoms. The Labute approximate surface area is 188 Å². The van der Waals surface area contributed by atoms with Crippen molar-refractivity contribution in [3.63, 3.8) is 0 Å². The van der Waals surface area contributed by atoms with Crippen LogP contribution in [0.15, 0.2) is 30.3 Å². The summed E-state index contributed by atoms with van der Waals surface area (Å²) in [6, 6.07) is 7.23. The van der Waals surface area contributed by atoms with Gasteiger partial charge in [-0.3, -0.25) is 9.69 Å². The minimum atomic E-state index is -1.22. The van der Waals surface area contributed by atoms with E-state index >= 15 is 0 Å². The maximum Gasteiger partial charge on any atom is 0.523 e. The number of likely N-dealkylation sites (tertiary alicyclic amines) is 1. The lowest BCUT2D eigenvalue weighted by molar-refractivity contribution is -0.790. The zero-order chi connectivity index (χ0) is 24.1. The number of nitrogens with one attached hydrogen (secondary N) is 1. The quantitative estimate of drug-likeness (QED) is 0.645. The third-order valence-electron chi connectivity index (χ3n) is 5.65. The van der Waals surface area contributed by atoms with Gasteiger partial charge in [-0.15, -0.1) is 4.48 Å². The van der Waals surface area contributed by atoms with Crippen molar-refractivity contribution in [3.05, 3.63) is 35.9 Å². The van der Waals surface area contributed by atoms with Crippen LogP contribution in [0.2, 0.25) is 0 Å². The Morgan fingerprint density at radius 1 is 1.22 bits per heavy atom. The van der Waals surface area contributed by atoms with Gasteiger partial charge < -0.3 is 15.2 Å². The predicted molar refractivity (Wildman–Crippen MR) is 118 cm³/mol. The van der Waals surface area contributed by atoms with E-state index in [-0.39, 0.29) is 25.6 Å². The molecule has 1 aromatic carbocycles. The number of rotatable bonds is 6. The van der Waals surface area contributed by atoms with E-state index in [1.807, 2.05) is 30.3 Å². The summed E-state index contributed by atoms with van der Waals surface area (Å²) in [6.45, 7) is 6.76. The van der Waals surface area contributed by atoms with Crippen molar-refractivity contribution in [1.82, 2.24) is 10.2 Å². The lowest BCUT2D eigenvalue weighted by atomic mass is 10.0. The Morgan fingerprint density at radius 2 is 1.84 bits per heavy atom. The summed E-state index contributed by atoms with van der Waals surface area (Å²) in [4.78, 5) is 51.7. The van der Waals surface area contributed by atoms with Gasteiger partial charge in [-0.1, -0.05) is 30.3 Å². The molecule has 2 N–H and O–H groups in total. The first-order valence-corrected chi connectivity index (χ1v) is 10.8. The lowest BCUT2D eigenvalue weighted by Gasteiger charge is -2.33. The predicted octanol–water partition coefficient (Wildman–Crippen LogP) is 3.42. The molecule has 1 heterocycles. The molecule has 1 aliphatic heterocycles. The summed E-state index contributed by atoms with van der Waals surface area (Å²) < 4.78 is 4.57. The van der Waals surface area contributed by atoms with Crippen molar-refractivity contribution in [3.8, 4) is 0 Å². The Bertz CT molecular complexity index is 851. The van der Waals surface area contributed by atoms with E-state index in [2.05, 4.69) is 5.32 Å². The number of hydrogen-bond acceptors (Lipinski definition) is 5. The SMILES string of the molecule is C[C@@H]1CCC[N+]1(C(=O)O)C(=O)N(C)CC(=O)[C@H](Cc1ccccc1)NC(=O)OC(C)(C)C. The number of amides is 4. The topological polar surface area (TPSA) is 113 Å². The number of carboxylic acid groups (broad SMARTS) is 1. The lowest BCUT2D eigenvalue weighted by Crippen LogP contribution is -2.63. The zero-order valence-corrected chi connectivity index (χ0v) is 19.5. The second-order valence-electron chi connectivity index (χ2n) is 9.36. The molecule has 3 atom stereocenters. The number of Topliss-reactive ketones (excluding diaryl/α,β-unsaturated/α-hetero) is 1. The molecule has 9 nitrogen and oxygen atoms in total. The van der Waals surface area contributed by atoms with Crippen molar-refractivity contribution >= 4 is 24.0 Å². The average Bonchev–Trinajstić information content (AvgIpc) is 3.08. The van der Waals surface area contributed by atoms with Crippen LogP contribution in [-0.2, 0) is 16.0 Å². The molecule has 0 saturated carbocycles. The minimum absolute atomic E-state index is 0.192. The number of carbonyl (C=O) groups excluding carboxylic acids is 3. The van der Waals surface area contributed by atoms with Crippen LogP contribution in [-0.4, -0.2) is 76.3 Å². The molecule has 0 spiro atoms. The van der Waals surface area contributed by atoms with Crippen LogP contribution < -0.4 is 5.32 Å². The normalized spacial score (nSPS) is 21.5. The van der Waals surface area contributed by atoms with Gasteiger partial charge in [0.25, 0.3) is 0 Å². The largest absolute Gasteiger partial charge is 0.523 e. The Balaban J connectivity index is 2.18. The van der Waals surface area contributed by atoms with Gasteiger partial charge in [0.1, 0.15) is 11.6 Å². The van der Waals surface area contributed by atoms with Crippen LogP contribution in [0, 0.1) is 0 Å². The van der Waals surface area contributed by atoms with Crippen LogP contribution in [0.5, 0.6) is 0 Å². The number of carbonyl (C=O) groups is 4. The molecule has 1 unspecified atom stereocenters. The fraction of sp³-hybridized carbons (Fsp3) is 0.565. The molecular formula is C23H34N3O6+. The van der Waals surface area contributed by atoms with Gasteiger partial charge in [-0.05, 0) is 39.7 Å². The van der Waals surface area contributed by atoms with Gasteiger partial charge in [0, 0.05) is 19.9 Å². The van der Waals surface area contributed by atoms with Crippen LogP contribution in [0.3, 0.4) is 0 Å². The summed E-state index contributed by atoms with van der Waals surface area (Å²) in [5, 5.41) is 12.4. The highest BCUT2D eigenvalue weighted by atomic mass is 16.6. The monoisotopic (exact) mass is 448 g/mol. The Hall–Kier alpha value is -2.94. The first kappa shape index (κ1) is 25.3. The van der Waals surface area contributed by atoms with Crippen LogP contribution in [0.1, 0.15) is 46.1 Å². The molecule has 0 aliphatic carbocycles. The van der Waals surface area contributed by atoms with Gasteiger partial charge in [-0.2, -0.15) is 4.79 Å². The van der Waals surface area contributed by atoms with Crippen LogP contribution >= 0.6 is 0 Å². The summed E-state index contributed by atoms with van der Waals surface area (Å²) in [6.07, 6.45) is -0.486. The van der Waals surface area contributed by atoms with Crippen molar-refractivity contribution in [2.24, 2.45) is 0 Å². The molecule has 176 valence electrons. The fourth-order valence-electron chi connectivity index (χ4n) is 3.99. The number of nitrogens with zero attached hydrogens (tertiary/aromatic N) is 2. The molecule has 2 rings (SSSR count). The van der Waals surface area contributed by atoms with Crippen molar-refractivity contribution in [2.75, 3.05) is 20.1 Å². The molecule has 1 fully saturated rings. The van der Waals surface area contributed by atoms with E-state index in [1.54, 1.807) is 27.7 Å². The average molecular weight is 449 g/mol. The van der Waals surface area contributed by atoms with Crippen molar-refractivity contribution < 1.29 is 33.5 Å². The third kappa shape index (κ3) is 6.06. The van der Waals surface area contributed by atoms with Crippen LogP contribution in [0.4, 0.5) is 14.4 Å². The number of ketones is 1. The number of alkyl carbamates (subject to hydrolysis) is 1. The minimum Gasteiger partial charge on any atom is -0.444 e. The molecule has 1 aromatic rings. The summed E-state index contributed by atoms with van der Waals surface area (Å²) in [7, 11) is 1.42. The summed E-state index contributed by atoms with van der Waals surface area (Å²) in [5.41, 5.74) is 0.0966. The van der Waals surface area contributed by atoms with Gasteiger partial charge >= 0.3 is 18.2 Å². The number of quaternary nitrogens is 1. The van der Waals surface area contributed by atoms with E-state index in [0.29, 0.717) is 12.8 Å². The van der Waals surface area contributed by atoms with E-state index in [9.17, 15) is 24.3 Å². The molecule has 1 aliphatic rings. The highest BCUT2D eigenvalue weighted by molar-refractivity contribution is 5.92. The highest BCUT2D eigenvalue weighted by Gasteiger charge is 2.54. The van der Waals surface area contributed by atoms with Gasteiger partial charge in [0.05, 0.1) is 19.1 Å². The number of urea groups is 1. The summed E-state index contributed by atoms with van der Waals surface area (Å²) >= 11 is 0. The van der Waals surface area contributed by atoms with Gasteiger partial charge in [0.2, 0.25) is 0 Å². The van der Waals surface area contributed by atoms with Gasteiger partial charge in [-0.25, -0.2) is 9.59 Å². The number of benzene rings is 1. The Morgan fingerprint density at radius 3 is 2.34 bits per heavy atom. The highest BCUT2D eigenvalue weighted by Crippen LogP contribution is 2.29. The Kier molecular flexibility index (Phi) is 8.01. The number of likely N-dealkylation sites (N-methyl/N-ethyl adjacent to an activating group) is 1. The third-order valence-corrected chi connectivity index (χ3v) is 5.65. The van der Waals surface area contributed by atoms with Gasteiger partial charge in [0.15, 0.2) is 5.78 Å². The standard InChI is InChI=1S/C23H33N3O6/c1-16-10-9-13-26(16,22(30)31)21(29)25(5)15-19(27)18(14-17-11-7-6-8-12-17)24-20(28)32-23(2,3)4/h6-8,11-12,16,18H,9-10,13-15H2,1-5H3,(H-,24,28,30,31)/p+1/t16-,18+,26?/m1/s1. The van der Waals surface area contributed by atoms with E-state index in [4.69, 9.17) is 4.74 Å². The maximum atomic E-state index is 13.1. The molecule has 4 amide bonds. The molecule has 1 saturated heterocycles. The van der Waals surface area contributed by atoms with E-state index in [1.165, 1.54) is 7.05 Å². The number of imide groups is 1. The van der Waals surface area contributed by atoms with Crippen molar-refractivity contribution in [2.45, 2.75) is 64.6 Å². The zero-order valence-electron chi connectivity index (χ0n) is 19.5. The van der Waals surface area contributed by atoms with E-state index in [0.717, 1.165) is 10.5 Å². The van der Waals surface area contributed by atoms with E-state index < -0.39 is 40.1 Å². The first-order valence-electron chi connectivity index (χ1n) is 10.8. The number of hydrogen-bond donors (Lipinski definition) is 2. The molecule has 32 heavy (non-hydrogen) atoms. The fourth-order valence-corrected chi connectivity index (χ4v) is 3.99. The molecule has 0 aromatic heterocycles. The maximum absolute atomic E-state index is 13.1. The second kappa shape index (κ2) is 10.1. The van der Waals surface area contributed by atoms with Crippen molar-refractivity contribution in [1.29, 1.82) is 0 Å². The molecule has 0 radical (unpaired) electrons. The van der Waals surface area contributed by atoms with Crippen LogP contribution in [0.25, 0.3) is 0 Å². The second-order valence-corrected chi connectivity index (χ2v) is 9.36. The summed E-state index contributed by atoms with van der Waals surface area (Å²) in [5.74, 6) is -0.411.